The first-order valence-electron chi connectivity index (χ1n) is 8.26. The molecule has 0 bridgehead atoms. The van der Waals surface area contributed by atoms with E-state index >= 15 is 0 Å². The summed E-state index contributed by atoms with van der Waals surface area (Å²) in [6.07, 6.45) is 5.02. The standard InChI is InChI=1S/C17H20N6O2/c1-13-19-16(11-17(20-13)22-9-5-2-6-10-22)21-18-12-14-7-3-4-8-15(14)23(24)25/h3-4,7-8,11-12H,2,5-6,9-10H2,1H3,(H,19,20,21). The number of benzene rings is 1. The van der Waals surface area contributed by atoms with Crippen molar-refractivity contribution in [3.8, 4) is 0 Å². The number of hydrazone groups is 1. The van der Waals surface area contributed by atoms with Gasteiger partial charge in [-0.2, -0.15) is 5.10 Å². The predicted molar refractivity (Wildman–Crippen MR) is 97.1 cm³/mol. The number of nitro benzene ring substituents is 1. The van der Waals surface area contributed by atoms with E-state index in [0.717, 1.165) is 18.9 Å². The van der Waals surface area contributed by atoms with Crippen LogP contribution >= 0.6 is 0 Å². The number of anilines is 2. The van der Waals surface area contributed by atoms with Gasteiger partial charge in [-0.3, -0.25) is 15.5 Å². The Balaban J connectivity index is 1.75. The van der Waals surface area contributed by atoms with Crippen molar-refractivity contribution in [2.24, 2.45) is 5.10 Å². The van der Waals surface area contributed by atoms with Crippen LogP contribution in [0.5, 0.6) is 0 Å². The van der Waals surface area contributed by atoms with Gasteiger partial charge in [0.05, 0.1) is 16.7 Å². The van der Waals surface area contributed by atoms with Crippen molar-refractivity contribution in [2.75, 3.05) is 23.4 Å². The zero-order valence-corrected chi connectivity index (χ0v) is 14.1. The number of aryl methyl sites for hydroxylation is 1. The lowest BCUT2D eigenvalue weighted by molar-refractivity contribution is -0.385. The molecule has 3 rings (SSSR count). The Morgan fingerprint density at radius 1 is 1.24 bits per heavy atom. The third-order valence-electron chi connectivity index (χ3n) is 4.02. The molecule has 1 aliphatic rings. The summed E-state index contributed by atoms with van der Waals surface area (Å²) in [4.78, 5) is 21.7. The van der Waals surface area contributed by atoms with Gasteiger partial charge >= 0.3 is 0 Å². The molecule has 1 aromatic carbocycles. The summed E-state index contributed by atoms with van der Waals surface area (Å²) in [5.74, 6) is 2.12. The van der Waals surface area contributed by atoms with Crippen LogP contribution in [0.3, 0.4) is 0 Å². The number of hydrogen-bond donors (Lipinski definition) is 1. The minimum Gasteiger partial charge on any atom is -0.356 e. The molecule has 0 saturated carbocycles. The molecule has 1 aliphatic heterocycles. The molecular weight excluding hydrogens is 320 g/mol. The molecule has 0 radical (unpaired) electrons. The van der Waals surface area contributed by atoms with Gasteiger partial charge in [0.15, 0.2) is 5.82 Å². The lowest BCUT2D eigenvalue weighted by Crippen LogP contribution is -2.30. The molecular formula is C17H20N6O2. The molecule has 0 atom stereocenters. The van der Waals surface area contributed by atoms with Crippen molar-refractivity contribution >= 4 is 23.5 Å². The highest BCUT2D eigenvalue weighted by molar-refractivity contribution is 5.85. The average molecular weight is 340 g/mol. The molecule has 0 unspecified atom stereocenters. The van der Waals surface area contributed by atoms with Crippen LogP contribution in [0.2, 0.25) is 0 Å². The molecule has 2 aromatic rings. The van der Waals surface area contributed by atoms with Crippen LogP contribution in [-0.4, -0.2) is 34.2 Å². The summed E-state index contributed by atoms with van der Waals surface area (Å²) in [6.45, 7) is 3.83. The molecule has 0 spiro atoms. The summed E-state index contributed by atoms with van der Waals surface area (Å²) >= 11 is 0. The Morgan fingerprint density at radius 2 is 2.00 bits per heavy atom. The maximum atomic E-state index is 11.0. The van der Waals surface area contributed by atoms with Crippen molar-refractivity contribution in [3.63, 3.8) is 0 Å². The lowest BCUT2D eigenvalue weighted by Gasteiger charge is -2.27. The molecule has 25 heavy (non-hydrogen) atoms. The molecule has 1 saturated heterocycles. The minimum atomic E-state index is -0.426. The number of nitro groups is 1. The van der Waals surface area contributed by atoms with Crippen LogP contribution in [-0.2, 0) is 0 Å². The zero-order chi connectivity index (χ0) is 17.6. The van der Waals surface area contributed by atoms with E-state index < -0.39 is 4.92 Å². The summed E-state index contributed by atoms with van der Waals surface area (Å²) in [7, 11) is 0. The number of nitrogens with zero attached hydrogens (tertiary/aromatic N) is 5. The first kappa shape index (κ1) is 16.8. The quantitative estimate of drug-likeness (QED) is 0.510. The van der Waals surface area contributed by atoms with Crippen LogP contribution in [0.4, 0.5) is 17.3 Å². The van der Waals surface area contributed by atoms with Gasteiger partial charge in [-0.25, -0.2) is 9.97 Å². The van der Waals surface area contributed by atoms with Gasteiger partial charge in [0.25, 0.3) is 5.69 Å². The second-order valence-electron chi connectivity index (χ2n) is 5.89. The normalized spacial score (nSPS) is 14.7. The Bertz CT molecular complexity index is 786. The zero-order valence-electron chi connectivity index (χ0n) is 14.1. The highest BCUT2D eigenvalue weighted by Gasteiger charge is 2.14. The fraction of sp³-hybridized carbons (Fsp3) is 0.353. The lowest BCUT2D eigenvalue weighted by atomic mass is 10.1. The van der Waals surface area contributed by atoms with Gasteiger partial charge in [0.2, 0.25) is 0 Å². The topological polar surface area (TPSA) is 96.5 Å². The number of aromatic nitrogens is 2. The SMILES string of the molecule is Cc1nc(NN=Cc2ccccc2[N+](=O)[O-])cc(N2CCCCC2)n1. The molecule has 8 nitrogen and oxygen atoms in total. The van der Waals surface area contributed by atoms with E-state index in [2.05, 4.69) is 25.4 Å². The minimum absolute atomic E-state index is 0.0147. The van der Waals surface area contributed by atoms with Crippen LogP contribution in [0.15, 0.2) is 35.4 Å². The Morgan fingerprint density at radius 3 is 2.76 bits per heavy atom. The molecule has 0 aliphatic carbocycles. The number of para-hydroxylation sites is 1. The number of nitrogens with one attached hydrogen (secondary N) is 1. The van der Waals surface area contributed by atoms with Gasteiger partial charge in [0.1, 0.15) is 11.6 Å². The van der Waals surface area contributed by atoms with E-state index in [4.69, 9.17) is 0 Å². The van der Waals surface area contributed by atoms with Gasteiger partial charge < -0.3 is 4.90 Å². The number of rotatable bonds is 5. The first-order chi connectivity index (χ1) is 12.1. The van der Waals surface area contributed by atoms with E-state index in [9.17, 15) is 10.1 Å². The fourth-order valence-corrected chi connectivity index (χ4v) is 2.83. The van der Waals surface area contributed by atoms with Crippen molar-refractivity contribution in [3.05, 3.63) is 51.8 Å². The maximum absolute atomic E-state index is 11.0. The molecule has 2 heterocycles. The average Bonchev–Trinajstić information content (AvgIpc) is 2.62. The van der Waals surface area contributed by atoms with Crippen LogP contribution in [0.25, 0.3) is 0 Å². The first-order valence-corrected chi connectivity index (χ1v) is 8.26. The van der Waals surface area contributed by atoms with Gasteiger partial charge in [-0.15, -0.1) is 0 Å². The fourth-order valence-electron chi connectivity index (χ4n) is 2.83. The van der Waals surface area contributed by atoms with Crippen molar-refractivity contribution < 1.29 is 4.92 Å². The molecule has 1 N–H and O–H groups in total. The van der Waals surface area contributed by atoms with Crippen molar-refractivity contribution in [1.82, 2.24) is 9.97 Å². The summed E-state index contributed by atoms with van der Waals surface area (Å²) in [5, 5.41) is 15.1. The highest BCUT2D eigenvalue weighted by Crippen LogP contribution is 2.20. The van der Waals surface area contributed by atoms with E-state index in [1.54, 1.807) is 18.2 Å². The summed E-state index contributed by atoms with van der Waals surface area (Å²) < 4.78 is 0. The molecule has 0 amide bonds. The van der Waals surface area contributed by atoms with Crippen LogP contribution in [0, 0.1) is 17.0 Å². The van der Waals surface area contributed by atoms with Crippen molar-refractivity contribution in [1.29, 1.82) is 0 Å². The largest absolute Gasteiger partial charge is 0.356 e. The monoisotopic (exact) mass is 340 g/mol. The van der Waals surface area contributed by atoms with E-state index in [1.165, 1.54) is 31.5 Å². The van der Waals surface area contributed by atoms with Gasteiger partial charge in [-0.1, -0.05) is 12.1 Å². The van der Waals surface area contributed by atoms with Crippen LogP contribution in [0.1, 0.15) is 30.7 Å². The second-order valence-corrected chi connectivity index (χ2v) is 5.89. The molecule has 8 heteroatoms. The third kappa shape index (κ3) is 4.28. The molecule has 1 fully saturated rings. The van der Waals surface area contributed by atoms with E-state index in [1.807, 2.05) is 13.0 Å². The number of piperidine rings is 1. The second kappa shape index (κ2) is 7.69. The Labute approximate surface area is 145 Å². The summed E-state index contributed by atoms with van der Waals surface area (Å²) in [6, 6.07) is 8.31. The smallest absolute Gasteiger partial charge is 0.278 e. The maximum Gasteiger partial charge on any atom is 0.278 e. The Hall–Kier alpha value is -3.03. The number of hydrogen-bond acceptors (Lipinski definition) is 7. The Kier molecular flexibility index (Phi) is 5.17. The molecule has 1 aromatic heterocycles. The van der Waals surface area contributed by atoms with E-state index in [-0.39, 0.29) is 5.69 Å². The van der Waals surface area contributed by atoms with Crippen LogP contribution < -0.4 is 10.3 Å². The third-order valence-corrected chi connectivity index (χ3v) is 4.02. The van der Waals surface area contributed by atoms with Crippen molar-refractivity contribution in [2.45, 2.75) is 26.2 Å². The van der Waals surface area contributed by atoms with Gasteiger partial charge in [-0.05, 0) is 32.3 Å². The molecule has 130 valence electrons. The predicted octanol–water partition coefficient (Wildman–Crippen LogP) is 3.13. The highest BCUT2D eigenvalue weighted by atomic mass is 16.6. The summed E-state index contributed by atoms with van der Waals surface area (Å²) in [5.41, 5.74) is 3.30. The van der Waals surface area contributed by atoms with Gasteiger partial charge in [0, 0.05) is 25.2 Å². The van der Waals surface area contributed by atoms with E-state index in [0.29, 0.717) is 17.2 Å².